The molecule has 5 nitrogen and oxygen atoms in total. The van der Waals surface area contributed by atoms with Gasteiger partial charge in [-0.05, 0) is 18.6 Å². The van der Waals surface area contributed by atoms with Crippen LogP contribution in [0.1, 0.15) is 74.5 Å². The fraction of sp³-hybridized carbons (Fsp3) is 0.522. The molecule has 0 saturated heterocycles. The van der Waals surface area contributed by atoms with Gasteiger partial charge in [0.2, 0.25) is 0 Å². The number of fused-ring (bicyclic) bond motifs is 1. The predicted molar refractivity (Wildman–Crippen MR) is 128 cm³/mol. The van der Waals surface area contributed by atoms with Gasteiger partial charge in [0, 0.05) is 31.7 Å². The van der Waals surface area contributed by atoms with Crippen LogP contribution in [0.25, 0.3) is 10.1 Å². The van der Waals surface area contributed by atoms with Crippen molar-refractivity contribution in [2.24, 2.45) is 4.99 Å². The monoisotopic (exact) mass is 414 g/mol. The van der Waals surface area contributed by atoms with Crippen LogP contribution in [0.4, 0.5) is 11.4 Å². The molecule has 0 aliphatic carbocycles. The normalized spacial score (nSPS) is 10.5. The maximum atomic E-state index is 11.5. The van der Waals surface area contributed by atoms with Crippen molar-refractivity contribution < 1.29 is 4.79 Å². The van der Waals surface area contributed by atoms with E-state index in [1.807, 2.05) is 25.1 Å². The summed E-state index contributed by atoms with van der Waals surface area (Å²) >= 11 is 1.34. The Labute approximate surface area is 179 Å². The van der Waals surface area contributed by atoms with Crippen LogP contribution in [0.15, 0.2) is 17.1 Å². The molecule has 0 aliphatic heterocycles. The highest BCUT2D eigenvalue weighted by molar-refractivity contribution is 7.21. The first-order valence-electron chi connectivity index (χ1n) is 10.4. The van der Waals surface area contributed by atoms with E-state index in [1.54, 1.807) is 12.4 Å². The van der Waals surface area contributed by atoms with Gasteiger partial charge in [-0.3, -0.25) is 9.79 Å². The number of carbonyl (C=O) groups excluding carboxylic acids is 1. The van der Waals surface area contributed by atoms with Crippen LogP contribution in [0.3, 0.4) is 0 Å². The van der Waals surface area contributed by atoms with Crippen LogP contribution >= 0.6 is 11.3 Å². The number of thiophene rings is 1. The van der Waals surface area contributed by atoms with E-state index in [-0.39, 0.29) is 0 Å². The molecule has 0 radical (unpaired) electrons. The molecule has 0 unspecified atom stereocenters. The molecule has 1 aromatic carbocycles. The minimum Gasteiger partial charge on any atom is -0.377 e. The molecule has 2 aromatic rings. The van der Waals surface area contributed by atoms with Crippen molar-refractivity contribution in [1.29, 1.82) is 5.26 Å². The van der Waals surface area contributed by atoms with Crippen LogP contribution in [0.5, 0.6) is 0 Å². The third-order valence-corrected chi connectivity index (χ3v) is 5.60. The number of anilines is 2. The first-order chi connectivity index (χ1) is 14.0. The zero-order chi connectivity index (χ0) is 21.6. The van der Waals surface area contributed by atoms with Crippen molar-refractivity contribution >= 4 is 45.4 Å². The second-order valence-electron chi connectivity index (χ2n) is 7.04. The Bertz CT molecular complexity index is 831. The minimum absolute atomic E-state index is 0.579. The third kappa shape index (κ3) is 7.17. The van der Waals surface area contributed by atoms with Crippen molar-refractivity contribution in [3.05, 3.63) is 22.6 Å². The zero-order valence-electron chi connectivity index (χ0n) is 18.4. The molecule has 1 heterocycles. The quantitative estimate of drug-likeness (QED) is 0.209. The summed E-state index contributed by atoms with van der Waals surface area (Å²) < 4.78 is 0.827. The molecule has 0 aliphatic rings. The van der Waals surface area contributed by atoms with Gasteiger partial charge >= 0.3 is 0 Å². The average Bonchev–Trinajstić information content (AvgIpc) is 3.09. The summed E-state index contributed by atoms with van der Waals surface area (Å²) in [5.74, 6) is 0. The van der Waals surface area contributed by atoms with E-state index in [0.717, 1.165) is 53.6 Å². The Hall–Kier alpha value is -2.39. The van der Waals surface area contributed by atoms with E-state index in [4.69, 9.17) is 0 Å². The van der Waals surface area contributed by atoms with E-state index in [9.17, 15) is 10.1 Å². The summed E-state index contributed by atoms with van der Waals surface area (Å²) in [6.07, 6.45) is 9.94. The number of nitriles is 1. The molecule has 0 saturated carbocycles. The molecule has 1 aromatic heterocycles. The number of unbranched alkanes of at least 4 members (excludes halogenated alkanes) is 4. The van der Waals surface area contributed by atoms with Gasteiger partial charge in [0.25, 0.3) is 0 Å². The highest BCUT2D eigenvalue weighted by atomic mass is 32.1. The van der Waals surface area contributed by atoms with E-state index < -0.39 is 0 Å². The van der Waals surface area contributed by atoms with Crippen LogP contribution in [0, 0.1) is 11.3 Å². The van der Waals surface area contributed by atoms with Crippen LogP contribution in [-0.2, 0) is 0 Å². The zero-order valence-corrected chi connectivity index (χ0v) is 19.2. The predicted octanol–water partition coefficient (Wildman–Crippen LogP) is 6.48. The first-order valence-corrected chi connectivity index (χ1v) is 11.2. The van der Waals surface area contributed by atoms with Crippen LogP contribution in [-0.4, -0.2) is 33.3 Å². The number of benzene rings is 1. The fourth-order valence-corrected chi connectivity index (χ4v) is 3.94. The van der Waals surface area contributed by atoms with Gasteiger partial charge in [-0.25, -0.2) is 0 Å². The van der Waals surface area contributed by atoms with Crippen molar-refractivity contribution in [2.75, 3.05) is 30.9 Å². The Morgan fingerprint density at radius 2 is 1.83 bits per heavy atom. The summed E-state index contributed by atoms with van der Waals surface area (Å²) in [4.78, 5) is 18.4. The molecule has 0 atom stereocenters. The summed E-state index contributed by atoms with van der Waals surface area (Å²) in [7, 11) is 3.89. The molecule has 0 bridgehead atoms. The van der Waals surface area contributed by atoms with E-state index in [2.05, 4.69) is 37.1 Å². The minimum atomic E-state index is 0.579. The highest BCUT2D eigenvalue weighted by Gasteiger charge is 2.18. The van der Waals surface area contributed by atoms with Gasteiger partial charge in [-0.1, -0.05) is 52.9 Å². The molecule has 0 fully saturated rings. The van der Waals surface area contributed by atoms with Gasteiger partial charge in [-0.15, -0.1) is 11.3 Å². The second-order valence-corrected chi connectivity index (χ2v) is 8.09. The lowest BCUT2D eigenvalue weighted by Gasteiger charge is -2.15. The van der Waals surface area contributed by atoms with Crippen molar-refractivity contribution in [1.82, 2.24) is 0 Å². The standard InChI is InChI=1S/C18H22N4OS.C5H12/c1-4-5-6-9-20-12-21-17-15(11-23)24-18-13(10-19)7-8-14(16(17)18)22(2)3;1-3-5-4-2/h7-8,11-12H,4-6,9H2,1-3H3,(H,20,21);3-5H2,1-2H3. The van der Waals surface area contributed by atoms with Crippen LogP contribution < -0.4 is 10.2 Å². The summed E-state index contributed by atoms with van der Waals surface area (Å²) in [6, 6.07) is 5.91. The Morgan fingerprint density at radius 3 is 2.34 bits per heavy atom. The number of hydrogen-bond donors (Lipinski definition) is 1. The molecule has 29 heavy (non-hydrogen) atoms. The SMILES string of the molecule is CCCCC.CCCCCN=CNc1c(C=O)sc2c(C#N)ccc(N(C)C)c12. The first kappa shape index (κ1) is 24.6. The van der Waals surface area contributed by atoms with Gasteiger partial charge in [-0.2, -0.15) is 5.26 Å². The molecule has 158 valence electrons. The van der Waals surface area contributed by atoms with Crippen molar-refractivity contribution in [3.8, 4) is 6.07 Å². The summed E-state index contributed by atoms with van der Waals surface area (Å²) in [5.41, 5.74) is 2.27. The number of nitrogens with zero attached hydrogens (tertiary/aromatic N) is 3. The van der Waals surface area contributed by atoms with E-state index in [0.29, 0.717) is 10.4 Å². The van der Waals surface area contributed by atoms with Gasteiger partial charge in [0.05, 0.1) is 27.2 Å². The lowest BCUT2D eigenvalue weighted by Crippen LogP contribution is -2.09. The number of nitrogens with one attached hydrogen (secondary N) is 1. The fourth-order valence-electron chi connectivity index (χ4n) is 2.87. The number of hydrogen-bond acceptors (Lipinski definition) is 5. The van der Waals surface area contributed by atoms with E-state index in [1.165, 1.54) is 30.6 Å². The molecule has 6 heteroatoms. The molecule has 0 amide bonds. The van der Waals surface area contributed by atoms with Crippen LogP contribution in [0.2, 0.25) is 0 Å². The molecular formula is C23H34N4OS. The smallest absolute Gasteiger partial charge is 0.162 e. The average molecular weight is 415 g/mol. The summed E-state index contributed by atoms with van der Waals surface area (Å²) in [6.45, 7) is 7.35. The molecule has 1 N–H and O–H groups in total. The number of aldehydes is 1. The van der Waals surface area contributed by atoms with Gasteiger partial charge < -0.3 is 10.2 Å². The summed E-state index contributed by atoms with van der Waals surface area (Å²) in [5, 5.41) is 13.4. The number of aliphatic imine (C=N–C) groups is 1. The Morgan fingerprint density at radius 1 is 1.14 bits per heavy atom. The van der Waals surface area contributed by atoms with Gasteiger partial charge in [0.1, 0.15) is 6.07 Å². The third-order valence-electron chi connectivity index (χ3n) is 4.45. The largest absolute Gasteiger partial charge is 0.377 e. The topological polar surface area (TPSA) is 68.5 Å². The maximum absolute atomic E-state index is 11.5. The number of carbonyl (C=O) groups is 1. The maximum Gasteiger partial charge on any atom is 0.162 e. The Balaban J connectivity index is 0.000000749. The Kier molecular flexibility index (Phi) is 11.7. The molecular weight excluding hydrogens is 380 g/mol. The molecule has 0 spiro atoms. The lowest BCUT2D eigenvalue weighted by atomic mass is 10.1. The number of rotatable bonds is 10. The van der Waals surface area contributed by atoms with Gasteiger partial charge in [0.15, 0.2) is 6.29 Å². The second kappa shape index (κ2) is 13.7. The van der Waals surface area contributed by atoms with Crippen molar-refractivity contribution in [2.45, 2.75) is 59.3 Å². The lowest BCUT2D eigenvalue weighted by molar-refractivity contribution is 0.112. The highest BCUT2D eigenvalue weighted by Crippen LogP contribution is 2.42. The molecule has 2 rings (SSSR count). The van der Waals surface area contributed by atoms with Crippen molar-refractivity contribution in [3.63, 3.8) is 0 Å². The van der Waals surface area contributed by atoms with E-state index >= 15 is 0 Å².